The van der Waals surface area contributed by atoms with Crippen LogP contribution in [0.5, 0.6) is 5.75 Å². The van der Waals surface area contributed by atoms with Gasteiger partial charge in [-0.25, -0.2) is 0 Å². The summed E-state index contributed by atoms with van der Waals surface area (Å²) >= 11 is 1.46. The van der Waals surface area contributed by atoms with Crippen molar-refractivity contribution in [3.63, 3.8) is 0 Å². The Hall–Kier alpha value is -3.82. The molecule has 2 aromatic heterocycles. The lowest BCUT2D eigenvalue weighted by Gasteiger charge is -2.40. The maximum atomic E-state index is 14.0. The molecule has 0 unspecified atom stereocenters. The van der Waals surface area contributed by atoms with Gasteiger partial charge in [0.25, 0.3) is 11.8 Å². The molecule has 42 heavy (non-hydrogen) atoms. The largest absolute Gasteiger partial charge is 0.496 e. The molecule has 1 saturated heterocycles. The fourth-order valence-electron chi connectivity index (χ4n) is 6.26. The topological polar surface area (TPSA) is 108 Å². The third kappa shape index (κ3) is 4.46. The number of aromatic nitrogens is 1. The maximum Gasteiger partial charge on any atom is 0.416 e. The molecule has 1 aromatic carbocycles. The number of ether oxygens (including phenoxy) is 1. The first-order valence-corrected chi connectivity index (χ1v) is 14.6. The van der Waals surface area contributed by atoms with Gasteiger partial charge in [0.15, 0.2) is 6.10 Å². The zero-order chi connectivity index (χ0) is 30.0. The van der Waals surface area contributed by atoms with Crippen molar-refractivity contribution in [2.75, 3.05) is 13.7 Å². The predicted octanol–water partition coefficient (Wildman–Crippen LogP) is 5.15. The average Bonchev–Trinajstić information content (AvgIpc) is 3.31. The van der Waals surface area contributed by atoms with Gasteiger partial charge in [-0.2, -0.15) is 18.4 Å². The Balaban J connectivity index is 1.48. The molecule has 6 rings (SSSR count). The molecule has 2 fully saturated rings. The van der Waals surface area contributed by atoms with Crippen LogP contribution in [0.2, 0.25) is 0 Å². The summed E-state index contributed by atoms with van der Waals surface area (Å²) in [6.07, 6.45) is -5.57. The van der Waals surface area contributed by atoms with Crippen molar-refractivity contribution in [3.05, 3.63) is 52.5 Å². The zero-order valence-electron chi connectivity index (χ0n) is 23.0. The number of thiophene rings is 1. The number of fused-ring (bicyclic) bond motifs is 3. The van der Waals surface area contributed by atoms with Crippen LogP contribution in [0.3, 0.4) is 0 Å². The molecular weight excluding hydrogens is 569 g/mol. The number of methoxy groups -OCH3 is 1. The number of alkyl halides is 3. The van der Waals surface area contributed by atoms with Gasteiger partial charge >= 0.3 is 6.18 Å². The molecule has 0 bridgehead atoms. The third-order valence-corrected chi connectivity index (χ3v) is 9.68. The number of aliphatic hydroxyl groups excluding tert-OH is 1. The number of nitriles is 1. The Morgan fingerprint density at radius 2 is 1.95 bits per heavy atom. The number of benzene rings is 1. The van der Waals surface area contributed by atoms with Gasteiger partial charge in [0.05, 0.1) is 30.0 Å². The number of nitrogens with one attached hydrogen (secondary N) is 1. The lowest BCUT2D eigenvalue weighted by molar-refractivity contribution is -0.232. The number of rotatable bonds is 6. The van der Waals surface area contributed by atoms with Gasteiger partial charge in [-0.15, -0.1) is 11.3 Å². The SMILES string of the molecule is COc1cc2c(cc1C(=O)NC1(C#N)CC1)-c1c(-c3cccs3)cc(C(=O)N3CCC[C@]3(C)[C@H](O)C(F)(F)F)n1CC2. The second kappa shape index (κ2) is 9.88. The average molecular weight is 599 g/mol. The highest BCUT2D eigenvalue weighted by molar-refractivity contribution is 7.13. The van der Waals surface area contributed by atoms with Gasteiger partial charge in [0.1, 0.15) is 17.0 Å². The number of aliphatic hydroxyl groups is 1. The van der Waals surface area contributed by atoms with Crippen molar-refractivity contribution >= 4 is 23.2 Å². The quantitative estimate of drug-likeness (QED) is 0.408. The van der Waals surface area contributed by atoms with Crippen molar-refractivity contribution < 1.29 is 32.6 Å². The number of aryl methyl sites for hydroxylation is 1. The van der Waals surface area contributed by atoms with Crippen LogP contribution in [0.1, 0.15) is 59.0 Å². The van der Waals surface area contributed by atoms with Gasteiger partial charge in [-0.05, 0) is 74.2 Å². The van der Waals surface area contributed by atoms with E-state index in [2.05, 4.69) is 11.4 Å². The maximum absolute atomic E-state index is 14.0. The summed E-state index contributed by atoms with van der Waals surface area (Å²) in [7, 11) is 1.47. The lowest BCUT2D eigenvalue weighted by atomic mass is 9.90. The summed E-state index contributed by atoms with van der Waals surface area (Å²) in [5.74, 6) is -0.662. The third-order valence-electron chi connectivity index (χ3n) is 8.77. The lowest BCUT2D eigenvalue weighted by Crippen LogP contribution is -2.58. The molecule has 2 atom stereocenters. The van der Waals surface area contributed by atoms with Crippen LogP contribution in [-0.4, -0.2) is 63.4 Å². The standard InChI is InChI=1S/C30H29F3N4O4S/c1-28(27(40)30(31,32)33)7-4-10-37(28)26(39)21-15-20(23-5-3-12-42-23)24-18-14-19(25(38)35-29(16-34)8-9-29)22(41-2)13-17(18)6-11-36(21)24/h3,5,12-15,27,40H,4,6-11H2,1-2H3,(H,35,38)/t27-,28+/m0/s1. The normalized spacial score (nSPS) is 21.2. The van der Waals surface area contributed by atoms with Gasteiger partial charge < -0.3 is 24.6 Å². The summed E-state index contributed by atoms with van der Waals surface area (Å²) in [5.41, 5.74) is 0.789. The van der Waals surface area contributed by atoms with E-state index in [-0.39, 0.29) is 24.2 Å². The first-order chi connectivity index (χ1) is 19.9. The molecule has 0 spiro atoms. The highest BCUT2D eigenvalue weighted by Gasteiger charge is 2.56. The summed E-state index contributed by atoms with van der Waals surface area (Å²) in [4.78, 5) is 29.4. The first kappa shape index (κ1) is 28.3. The van der Waals surface area contributed by atoms with Crippen LogP contribution in [0.15, 0.2) is 35.7 Å². The molecule has 3 aliphatic rings. The van der Waals surface area contributed by atoms with Gasteiger partial charge in [0, 0.05) is 29.1 Å². The minimum atomic E-state index is -4.88. The molecule has 12 heteroatoms. The number of nitrogens with zero attached hydrogens (tertiary/aromatic N) is 3. The van der Waals surface area contributed by atoms with Gasteiger partial charge in [-0.1, -0.05) is 6.07 Å². The van der Waals surface area contributed by atoms with E-state index in [0.717, 1.165) is 20.9 Å². The van der Waals surface area contributed by atoms with E-state index in [1.165, 1.54) is 25.4 Å². The van der Waals surface area contributed by atoms with Crippen LogP contribution in [0.4, 0.5) is 13.2 Å². The minimum Gasteiger partial charge on any atom is -0.496 e. The number of carbonyl (C=O) groups is 2. The van der Waals surface area contributed by atoms with Crippen molar-refractivity contribution in [3.8, 4) is 33.5 Å². The van der Waals surface area contributed by atoms with Gasteiger partial charge in [0.2, 0.25) is 0 Å². The molecule has 220 valence electrons. The molecule has 2 N–H and O–H groups in total. The highest BCUT2D eigenvalue weighted by Crippen LogP contribution is 2.46. The number of hydrogen-bond acceptors (Lipinski definition) is 6. The number of halogens is 3. The van der Waals surface area contributed by atoms with Crippen molar-refractivity contribution in [1.29, 1.82) is 5.26 Å². The molecule has 8 nitrogen and oxygen atoms in total. The van der Waals surface area contributed by atoms with Crippen molar-refractivity contribution in [2.24, 2.45) is 0 Å². The van der Waals surface area contributed by atoms with E-state index in [0.29, 0.717) is 49.2 Å². The molecular formula is C30H29F3N4O4S. The van der Waals surface area contributed by atoms with Crippen molar-refractivity contribution in [1.82, 2.24) is 14.8 Å². The van der Waals surface area contributed by atoms with Crippen LogP contribution >= 0.6 is 11.3 Å². The number of likely N-dealkylation sites (tertiary alicyclic amines) is 1. The Bertz CT molecular complexity index is 1620. The van der Waals surface area contributed by atoms with Crippen LogP contribution in [0, 0.1) is 11.3 Å². The monoisotopic (exact) mass is 598 g/mol. The summed E-state index contributed by atoms with van der Waals surface area (Å²) in [6, 6.07) is 11.1. The Labute approximate surface area is 244 Å². The van der Waals surface area contributed by atoms with Gasteiger partial charge in [-0.3, -0.25) is 9.59 Å². The molecule has 1 saturated carbocycles. The molecule has 2 amide bonds. The van der Waals surface area contributed by atoms with Crippen LogP contribution < -0.4 is 10.1 Å². The van der Waals surface area contributed by atoms with Crippen LogP contribution in [-0.2, 0) is 13.0 Å². The number of hydrogen-bond donors (Lipinski definition) is 2. The Kier molecular flexibility index (Phi) is 6.66. The minimum absolute atomic E-state index is 0.0239. The first-order valence-electron chi connectivity index (χ1n) is 13.7. The molecule has 3 aromatic rings. The summed E-state index contributed by atoms with van der Waals surface area (Å²) < 4.78 is 48.3. The molecule has 4 heterocycles. The number of amides is 2. The number of carbonyl (C=O) groups excluding carboxylic acids is 2. The van der Waals surface area contributed by atoms with E-state index >= 15 is 0 Å². The molecule has 1 aliphatic carbocycles. The Morgan fingerprint density at radius 1 is 1.19 bits per heavy atom. The van der Waals surface area contributed by atoms with Crippen LogP contribution in [0.25, 0.3) is 21.7 Å². The fourth-order valence-corrected chi connectivity index (χ4v) is 7.01. The Morgan fingerprint density at radius 3 is 2.57 bits per heavy atom. The fraction of sp³-hybridized carbons (Fsp3) is 0.433. The summed E-state index contributed by atoms with van der Waals surface area (Å²) in [6.45, 7) is 1.76. The van der Waals surface area contributed by atoms with E-state index in [1.54, 1.807) is 18.2 Å². The summed E-state index contributed by atoms with van der Waals surface area (Å²) in [5, 5.41) is 24.5. The zero-order valence-corrected chi connectivity index (χ0v) is 23.9. The molecule has 2 aliphatic heterocycles. The molecule has 0 radical (unpaired) electrons. The van der Waals surface area contributed by atoms with E-state index < -0.39 is 35.2 Å². The highest BCUT2D eigenvalue weighted by atomic mass is 32.1. The van der Waals surface area contributed by atoms with E-state index in [9.17, 15) is 33.1 Å². The second-order valence-electron chi connectivity index (χ2n) is 11.4. The second-order valence-corrected chi connectivity index (χ2v) is 12.3. The predicted molar refractivity (Wildman–Crippen MR) is 149 cm³/mol. The van der Waals surface area contributed by atoms with Crippen molar-refractivity contribution in [2.45, 2.75) is 68.9 Å². The van der Waals surface area contributed by atoms with E-state index in [4.69, 9.17) is 4.74 Å². The van der Waals surface area contributed by atoms with E-state index in [1.807, 2.05) is 22.1 Å². The smallest absolute Gasteiger partial charge is 0.416 e.